The van der Waals surface area contributed by atoms with Gasteiger partial charge in [-0.1, -0.05) is 6.92 Å². The van der Waals surface area contributed by atoms with Crippen molar-refractivity contribution in [3.63, 3.8) is 0 Å². The van der Waals surface area contributed by atoms with Crippen molar-refractivity contribution in [3.05, 3.63) is 22.0 Å². The zero-order chi connectivity index (χ0) is 16.8. The average molecular weight is 344 g/mol. The smallest absolute Gasteiger partial charge is 0.261 e. The van der Waals surface area contributed by atoms with E-state index in [2.05, 4.69) is 27.1 Å². The van der Waals surface area contributed by atoms with Crippen LogP contribution in [-0.4, -0.2) is 45.9 Å². The summed E-state index contributed by atoms with van der Waals surface area (Å²) in [6.45, 7) is 8.20. The number of fused-ring (bicyclic) bond motifs is 1. The predicted octanol–water partition coefficient (Wildman–Crippen LogP) is 2.84. The zero-order valence-corrected chi connectivity index (χ0v) is 15.4. The minimum Gasteiger partial charge on any atom is -0.347 e. The molecule has 1 saturated carbocycles. The Balaban J connectivity index is 1.55. The third kappa shape index (κ3) is 2.82. The Morgan fingerprint density at radius 3 is 2.79 bits per heavy atom. The number of rotatable bonds is 4. The number of nitrogens with one attached hydrogen (secondary N) is 1. The summed E-state index contributed by atoms with van der Waals surface area (Å²) in [4.78, 5) is 26.2. The molecule has 24 heavy (non-hydrogen) atoms. The first-order chi connectivity index (χ1) is 11.6. The molecule has 0 radical (unpaired) electrons. The number of amides is 1. The van der Waals surface area contributed by atoms with Gasteiger partial charge in [-0.3, -0.25) is 9.69 Å². The number of aryl methyl sites for hydroxylation is 3. The van der Waals surface area contributed by atoms with Crippen LogP contribution in [-0.2, 0) is 6.42 Å². The Labute approximate surface area is 146 Å². The van der Waals surface area contributed by atoms with E-state index in [-0.39, 0.29) is 11.9 Å². The van der Waals surface area contributed by atoms with Crippen molar-refractivity contribution in [2.45, 2.75) is 58.5 Å². The van der Waals surface area contributed by atoms with E-state index >= 15 is 0 Å². The molecule has 1 atom stereocenters. The molecule has 1 aliphatic heterocycles. The Hall–Kier alpha value is -1.53. The van der Waals surface area contributed by atoms with Crippen molar-refractivity contribution in [2.75, 3.05) is 13.1 Å². The number of hydrogen-bond acceptors (Lipinski definition) is 5. The number of aromatic nitrogens is 2. The fraction of sp³-hybridized carbons (Fsp3) is 0.611. The topological polar surface area (TPSA) is 58.1 Å². The summed E-state index contributed by atoms with van der Waals surface area (Å²) < 4.78 is 0. The lowest BCUT2D eigenvalue weighted by atomic mass is 10.1. The SMILES string of the molecule is CCc1nc(C)c2c(C)c(C(=O)N[C@H]3CCN(C4CC4)C3)sc2n1. The zero-order valence-electron chi connectivity index (χ0n) is 14.6. The highest BCUT2D eigenvalue weighted by atomic mass is 32.1. The molecule has 3 heterocycles. The van der Waals surface area contributed by atoms with Crippen LogP contribution in [0.4, 0.5) is 0 Å². The van der Waals surface area contributed by atoms with Crippen molar-refractivity contribution in [2.24, 2.45) is 0 Å². The van der Waals surface area contributed by atoms with E-state index in [0.29, 0.717) is 0 Å². The molecule has 2 aromatic rings. The monoisotopic (exact) mass is 344 g/mol. The lowest BCUT2D eigenvalue weighted by molar-refractivity contribution is 0.0941. The second-order valence-corrected chi connectivity index (χ2v) is 8.00. The van der Waals surface area contributed by atoms with Gasteiger partial charge in [0.15, 0.2) is 0 Å². The molecule has 1 aliphatic carbocycles. The number of likely N-dealkylation sites (tertiary alicyclic amines) is 1. The largest absolute Gasteiger partial charge is 0.347 e. The molecule has 0 spiro atoms. The minimum absolute atomic E-state index is 0.0515. The van der Waals surface area contributed by atoms with E-state index in [9.17, 15) is 4.79 Å². The third-order valence-corrected chi connectivity index (χ3v) is 6.34. The second kappa shape index (κ2) is 6.08. The van der Waals surface area contributed by atoms with Gasteiger partial charge in [0.25, 0.3) is 5.91 Å². The standard InChI is InChI=1S/C18H24N4OS/c1-4-14-19-11(3)15-10(2)16(24-18(15)21-14)17(23)20-12-7-8-22(9-12)13-5-6-13/h12-13H,4-9H2,1-3H3,(H,20,23)/t12-/m0/s1. The van der Waals surface area contributed by atoms with E-state index in [1.807, 2.05) is 13.8 Å². The van der Waals surface area contributed by atoms with Crippen LogP contribution in [0.5, 0.6) is 0 Å². The van der Waals surface area contributed by atoms with Gasteiger partial charge < -0.3 is 5.32 Å². The van der Waals surface area contributed by atoms with E-state index in [1.54, 1.807) is 0 Å². The number of carbonyl (C=O) groups is 1. The Kier molecular flexibility index (Phi) is 4.04. The first-order valence-corrected chi connectivity index (χ1v) is 9.70. The average Bonchev–Trinajstić information content (AvgIpc) is 3.21. The van der Waals surface area contributed by atoms with Crippen molar-refractivity contribution in [3.8, 4) is 0 Å². The van der Waals surface area contributed by atoms with E-state index < -0.39 is 0 Å². The maximum atomic E-state index is 12.8. The highest BCUT2D eigenvalue weighted by molar-refractivity contribution is 7.20. The number of carbonyl (C=O) groups excluding carboxylic acids is 1. The molecular formula is C18H24N4OS. The molecule has 2 aliphatic rings. The van der Waals surface area contributed by atoms with Gasteiger partial charge in [0.05, 0.1) is 4.88 Å². The Bertz CT molecular complexity index is 796. The molecule has 6 heteroatoms. The highest BCUT2D eigenvalue weighted by Crippen LogP contribution is 2.32. The summed E-state index contributed by atoms with van der Waals surface area (Å²) in [5.41, 5.74) is 2.00. The van der Waals surface area contributed by atoms with Crippen LogP contribution in [0.2, 0.25) is 0 Å². The summed E-state index contributed by atoms with van der Waals surface area (Å²) in [5.74, 6) is 0.902. The first-order valence-electron chi connectivity index (χ1n) is 8.88. The van der Waals surface area contributed by atoms with Gasteiger partial charge in [0.1, 0.15) is 10.7 Å². The normalized spacial score (nSPS) is 21.5. The van der Waals surface area contributed by atoms with Crippen molar-refractivity contribution < 1.29 is 4.79 Å². The molecule has 0 bridgehead atoms. The van der Waals surface area contributed by atoms with Crippen LogP contribution < -0.4 is 5.32 Å². The lowest BCUT2D eigenvalue weighted by Gasteiger charge is -2.15. The molecule has 1 N–H and O–H groups in total. The van der Waals surface area contributed by atoms with Gasteiger partial charge in [-0.15, -0.1) is 11.3 Å². The molecule has 1 saturated heterocycles. The maximum absolute atomic E-state index is 12.8. The van der Waals surface area contributed by atoms with Gasteiger partial charge in [-0.25, -0.2) is 9.97 Å². The van der Waals surface area contributed by atoms with Gasteiger partial charge in [0, 0.05) is 42.7 Å². The molecule has 2 aromatic heterocycles. The first kappa shape index (κ1) is 16.0. The van der Waals surface area contributed by atoms with Gasteiger partial charge in [-0.2, -0.15) is 0 Å². The van der Waals surface area contributed by atoms with Crippen molar-refractivity contribution in [1.29, 1.82) is 0 Å². The molecule has 4 rings (SSSR count). The molecule has 2 fully saturated rings. The van der Waals surface area contributed by atoms with Gasteiger partial charge in [-0.05, 0) is 38.7 Å². The molecule has 0 unspecified atom stereocenters. The molecule has 5 nitrogen and oxygen atoms in total. The van der Waals surface area contributed by atoms with E-state index in [0.717, 1.165) is 64.1 Å². The van der Waals surface area contributed by atoms with Crippen LogP contribution in [0.1, 0.15) is 52.9 Å². The molecule has 0 aromatic carbocycles. The molecule has 128 valence electrons. The summed E-state index contributed by atoms with van der Waals surface area (Å²) in [6, 6.07) is 1.06. The number of thiophene rings is 1. The quantitative estimate of drug-likeness (QED) is 0.926. The van der Waals surface area contributed by atoms with E-state index in [1.165, 1.54) is 24.2 Å². The van der Waals surface area contributed by atoms with Crippen molar-refractivity contribution in [1.82, 2.24) is 20.2 Å². The Morgan fingerprint density at radius 1 is 1.29 bits per heavy atom. The Morgan fingerprint density at radius 2 is 2.08 bits per heavy atom. The third-order valence-electron chi connectivity index (χ3n) is 5.16. The fourth-order valence-corrected chi connectivity index (χ4v) is 4.85. The van der Waals surface area contributed by atoms with Crippen LogP contribution in [0.15, 0.2) is 0 Å². The van der Waals surface area contributed by atoms with Crippen molar-refractivity contribution >= 4 is 27.5 Å². The summed E-state index contributed by atoms with van der Waals surface area (Å²) in [5, 5.41) is 4.29. The lowest BCUT2D eigenvalue weighted by Crippen LogP contribution is -2.37. The van der Waals surface area contributed by atoms with Gasteiger partial charge in [0.2, 0.25) is 0 Å². The number of nitrogens with zero attached hydrogens (tertiary/aromatic N) is 3. The fourth-order valence-electron chi connectivity index (χ4n) is 3.70. The minimum atomic E-state index is 0.0515. The maximum Gasteiger partial charge on any atom is 0.261 e. The van der Waals surface area contributed by atoms with Crippen LogP contribution in [0, 0.1) is 13.8 Å². The summed E-state index contributed by atoms with van der Waals surface area (Å²) >= 11 is 1.50. The number of hydrogen-bond donors (Lipinski definition) is 1. The van der Waals surface area contributed by atoms with Crippen LogP contribution >= 0.6 is 11.3 Å². The van der Waals surface area contributed by atoms with E-state index in [4.69, 9.17) is 0 Å². The molecule has 1 amide bonds. The summed E-state index contributed by atoms with van der Waals surface area (Å²) in [7, 11) is 0. The van der Waals surface area contributed by atoms with Crippen LogP contribution in [0.3, 0.4) is 0 Å². The second-order valence-electron chi connectivity index (χ2n) is 7.00. The van der Waals surface area contributed by atoms with Gasteiger partial charge >= 0.3 is 0 Å². The predicted molar refractivity (Wildman–Crippen MR) is 96.7 cm³/mol. The summed E-state index contributed by atoms with van der Waals surface area (Å²) in [6.07, 6.45) is 4.53. The molecular weight excluding hydrogens is 320 g/mol. The van der Waals surface area contributed by atoms with Crippen LogP contribution in [0.25, 0.3) is 10.2 Å². The highest BCUT2D eigenvalue weighted by Gasteiger charge is 2.35.